The maximum absolute atomic E-state index is 11.3. The van der Waals surface area contributed by atoms with Crippen molar-refractivity contribution < 1.29 is 13.9 Å². The van der Waals surface area contributed by atoms with Crippen LogP contribution < -0.4 is 5.73 Å². The number of benzene rings is 1. The predicted molar refractivity (Wildman–Crippen MR) is 65.9 cm³/mol. The number of nitrogens with two attached hydrogens (primary N) is 1. The van der Waals surface area contributed by atoms with Gasteiger partial charge in [-0.25, -0.2) is 9.78 Å². The lowest BCUT2D eigenvalue weighted by Crippen LogP contribution is -2.00. The first kappa shape index (κ1) is 12.3. The standard InChI is InChI=1S/C13H14N2O3/c1-8-11(7-14)15-12(18-8)9-3-5-10(6-4-9)13(16)17-2/h3-6H,7,14H2,1-2H3. The van der Waals surface area contributed by atoms with Gasteiger partial charge in [0.2, 0.25) is 5.89 Å². The zero-order valence-electron chi connectivity index (χ0n) is 10.3. The van der Waals surface area contributed by atoms with E-state index in [1.165, 1.54) is 7.11 Å². The molecule has 0 fully saturated rings. The highest BCUT2D eigenvalue weighted by Gasteiger charge is 2.11. The SMILES string of the molecule is COC(=O)c1ccc(-c2nc(CN)c(C)o2)cc1. The van der Waals surface area contributed by atoms with Crippen molar-refractivity contribution in [3.63, 3.8) is 0 Å². The Balaban J connectivity index is 2.31. The molecule has 0 atom stereocenters. The van der Waals surface area contributed by atoms with E-state index in [1.54, 1.807) is 24.3 Å². The van der Waals surface area contributed by atoms with Gasteiger partial charge in [-0.3, -0.25) is 0 Å². The first-order valence-corrected chi connectivity index (χ1v) is 5.51. The number of hydrogen-bond donors (Lipinski definition) is 1. The molecule has 0 saturated carbocycles. The number of carbonyl (C=O) groups excluding carboxylic acids is 1. The molecule has 0 aliphatic heterocycles. The molecule has 1 aromatic carbocycles. The highest BCUT2D eigenvalue weighted by Crippen LogP contribution is 2.22. The molecule has 5 nitrogen and oxygen atoms in total. The van der Waals surface area contributed by atoms with Gasteiger partial charge in [-0.1, -0.05) is 0 Å². The summed E-state index contributed by atoms with van der Waals surface area (Å²) in [5.74, 6) is 0.849. The minimum Gasteiger partial charge on any atom is -0.465 e. The second-order valence-electron chi connectivity index (χ2n) is 3.79. The van der Waals surface area contributed by atoms with Crippen molar-refractivity contribution in [2.24, 2.45) is 5.73 Å². The van der Waals surface area contributed by atoms with Crippen LogP contribution in [0.5, 0.6) is 0 Å². The second kappa shape index (κ2) is 5.01. The number of ether oxygens (including phenoxy) is 1. The lowest BCUT2D eigenvalue weighted by molar-refractivity contribution is 0.0601. The molecule has 0 aliphatic carbocycles. The van der Waals surface area contributed by atoms with Crippen LogP contribution in [0.3, 0.4) is 0 Å². The van der Waals surface area contributed by atoms with Crippen molar-refractivity contribution in [2.45, 2.75) is 13.5 Å². The summed E-state index contributed by atoms with van der Waals surface area (Å²) in [6.45, 7) is 2.16. The van der Waals surface area contributed by atoms with E-state index in [1.807, 2.05) is 6.92 Å². The van der Waals surface area contributed by atoms with E-state index in [-0.39, 0.29) is 5.97 Å². The van der Waals surface area contributed by atoms with Gasteiger partial charge in [-0.2, -0.15) is 0 Å². The number of nitrogens with zero attached hydrogens (tertiary/aromatic N) is 1. The van der Waals surface area contributed by atoms with Gasteiger partial charge < -0.3 is 14.9 Å². The monoisotopic (exact) mass is 246 g/mol. The Morgan fingerprint density at radius 2 is 2.06 bits per heavy atom. The number of methoxy groups -OCH3 is 1. The zero-order valence-corrected chi connectivity index (χ0v) is 10.3. The molecule has 94 valence electrons. The van der Waals surface area contributed by atoms with E-state index in [2.05, 4.69) is 9.72 Å². The quantitative estimate of drug-likeness (QED) is 0.837. The van der Waals surface area contributed by atoms with E-state index in [0.29, 0.717) is 23.8 Å². The van der Waals surface area contributed by atoms with Gasteiger partial charge in [-0.15, -0.1) is 0 Å². The molecule has 0 spiro atoms. The van der Waals surface area contributed by atoms with Crippen LogP contribution in [0.2, 0.25) is 0 Å². The Morgan fingerprint density at radius 1 is 1.39 bits per heavy atom. The highest BCUT2D eigenvalue weighted by atomic mass is 16.5. The van der Waals surface area contributed by atoms with E-state index in [0.717, 1.165) is 11.3 Å². The Kier molecular flexibility index (Phi) is 3.43. The largest absolute Gasteiger partial charge is 0.465 e. The van der Waals surface area contributed by atoms with E-state index in [9.17, 15) is 4.79 Å². The van der Waals surface area contributed by atoms with E-state index < -0.39 is 0 Å². The van der Waals surface area contributed by atoms with E-state index in [4.69, 9.17) is 10.2 Å². The van der Waals surface area contributed by atoms with Crippen LogP contribution in [0.25, 0.3) is 11.5 Å². The molecule has 0 amide bonds. The molecule has 0 aliphatic rings. The third-order valence-electron chi connectivity index (χ3n) is 2.64. The van der Waals surface area contributed by atoms with Crippen molar-refractivity contribution in [2.75, 3.05) is 7.11 Å². The summed E-state index contributed by atoms with van der Waals surface area (Å²) in [6.07, 6.45) is 0. The minimum atomic E-state index is -0.368. The average molecular weight is 246 g/mol. The van der Waals surface area contributed by atoms with Crippen LogP contribution in [-0.4, -0.2) is 18.1 Å². The van der Waals surface area contributed by atoms with Crippen LogP contribution in [-0.2, 0) is 11.3 Å². The van der Waals surface area contributed by atoms with Crippen LogP contribution in [0.4, 0.5) is 0 Å². The fourth-order valence-corrected chi connectivity index (χ4v) is 1.61. The number of aromatic nitrogens is 1. The smallest absolute Gasteiger partial charge is 0.337 e. The third kappa shape index (κ3) is 2.26. The second-order valence-corrected chi connectivity index (χ2v) is 3.79. The third-order valence-corrected chi connectivity index (χ3v) is 2.64. The van der Waals surface area contributed by atoms with Crippen LogP contribution in [0.15, 0.2) is 28.7 Å². The summed E-state index contributed by atoms with van der Waals surface area (Å²) in [5.41, 5.74) is 7.56. The van der Waals surface area contributed by atoms with E-state index >= 15 is 0 Å². The normalized spacial score (nSPS) is 10.4. The average Bonchev–Trinajstić information content (AvgIpc) is 2.79. The van der Waals surface area contributed by atoms with Crippen molar-refractivity contribution in [1.29, 1.82) is 0 Å². The Bertz CT molecular complexity index is 558. The molecular formula is C13H14N2O3. The lowest BCUT2D eigenvalue weighted by Gasteiger charge is -1.99. The summed E-state index contributed by atoms with van der Waals surface area (Å²) in [6, 6.07) is 6.86. The maximum Gasteiger partial charge on any atom is 0.337 e. The van der Waals surface area contributed by atoms with Gasteiger partial charge in [0, 0.05) is 12.1 Å². The molecule has 1 heterocycles. The number of carbonyl (C=O) groups is 1. The van der Waals surface area contributed by atoms with Crippen LogP contribution in [0.1, 0.15) is 21.8 Å². The van der Waals surface area contributed by atoms with Crippen molar-refractivity contribution >= 4 is 5.97 Å². The number of oxazole rings is 1. The van der Waals surface area contributed by atoms with Crippen molar-refractivity contribution in [3.05, 3.63) is 41.3 Å². The molecule has 0 unspecified atom stereocenters. The molecular weight excluding hydrogens is 232 g/mol. The van der Waals surface area contributed by atoms with Crippen LogP contribution in [0, 0.1) is 6.92 Å². The molecule has 18 heavy (non-hydrogen) atoms. The summed E-state index contributed by atoms with van der Waals surface area (Å²) < 4.78 is 10.1. The van der Waals surface area contributed by atoms with Crippen molar-refractivity contribution in [1.82, 2.24) is 4.98 Å². The fourth-order valence-electron chi connectivity index (χ4n) is 1.61. The Morgan fingerprint density at radius 3 is 2.56 bits per heavy atom. The first-order chi connectivity index (χ1) is 8.65. The molecule has 0 saturated heterocycles. The molecule has 0 radical (unpaired) electrons. The summed E-state index contributed by atoms with van der Waals surface area (Å²) in [4.78, 5) is 15.6. The fraction of sp³-hybridized carbons (Fsp3) is 0.231. The van der Waals surface area contributed by atoms with Gasteiger partial charge in [0.1, 0.15) is 5.76 Å². The van der Waals surface area contributed by atoms with Gasteiger partial charge in [0.15, 0.2) is 0 Å². The summed E-state index contributed by atoms with van der Waals surface area (Å²) in [5, 5.41) is 0. The van der Waals surface area contributed by atoms with Crippen molar-refractivity contribution in [3.8, 4) is 11.5 Å². The first-order valence-electron chi connectivity index (χ1n) is 5.51. The Labute approximate surface area is 105 Å². The Hall–Kier alpha value is -2.14. The summed E-state index contributed by atoms with van der Waals surface area (Å²) >= 11 is 0. The molecule has 0 bridgehead atoms. The predicted octanol–water partition coefficient (Wildman–Crippen LogP) is 1.90. The van der Waals surface area contributed by atoms with Gasteiger partial charge in [0.25, 0.3) is 0 Å². The van der Waals surface area contributed by atoms with Gasteiger partial charge >= 0.3 is 5.97 Å². The topological polar surface area (TPSA) is 78.3 Å². The van der Waals surface area contributed by atoms with Gasteiger partial charge in [0.05, 0.1) is 18.4 Å². The molecule has 2 rings (SSSR count). The lowest BCUT2D eigenvalue weighted by atomic mass is 10.1. The minimum absolute atomic E-state index is 0.343. The molecule has 2 N–H and O–H groups in total. The zero-order chi connectivity index (χ0) is 13.1. The maximum atomic E-state index is 11.3. The molecule has 1 aromatic heterocycles. The van der Waals surface area contributed by atoms with Crippen LogP contribution >= 0.6 is 0 Å². The molecule has 5 heteroatoms. The molecule has 2 aromatic rings. The van der Waals surface area contributed by atoms with Gasteiger partial charge in [-0.05, 0) is 31.2 Å². The number of hydrogen-bond acceptors (Lipinski definition) is 5. The number of esters is 1. The highest BCUT2D eigenvalue weighted by molar-refractivity contribution is 5.89. The number of aryl methyl sites for hydroxylation is 1. The number of rotatable bonds is 3. The summed E-state index contributed by atoms with van der Waals surface area (Å²) in [7, 11) is 1.35.